The van der Waals surface area contributed by atoms with Crippen LogP contribution in [0.25, 0.3) is 0 Å². The van der Waals surface area contributed by atoms with Gasteiger partial charge in [-0.25, -0.2) is 0 Å². The number of rotatable bonds is 0. The van der Waals surface area contributed by atoms with E-state index in [2.05, 4.69) is 34.3 Å². The first-order valence-electron chi connectivity index (χ1n) is 5.15. The Kier molecular flexibility index (Phi) is 1.50. The molecule has 0 saturated heterocycles. The van der Waals surface area contributed by atoms with Crippen molar-refractivity contribution in [2.45, 2.75) is 34.1 Å². The molecule has 3 aliphatic rings. The zero-order valence-electron chi connectivity index (χ0n) is 8.72. The topological polar surface area (TPSA) is 0 Å². The molecule has 0 nitrogen and oxygen atoms in total. The van der Waals surface area contributed by atoms with Crippen LogP contribution in [0.4, 0.5) is 0 Å². The lowest BCUT2D eigenvalue weighted by Crippen LogP contribution is -2.55. The maximum Gasteiger partial charge on any atom is -0.0146 e. The van der Waals surface area contributed by atoms with Gasteiger partial charge in [-0.2, -0.15) is 0 Å². The number of fused-ring (bicyclic) bond motifs is 2. The van der Waals surface area contributed by atoms with Gasteiger partial charge in [0.2, 0.25) is 0 Å². The first-order chi connectivity index (χ1) is 5.46. The predicted molar refractivity (Wildman–Crippen MR) is 52.8 cm³/mol. The summed E-state index contributed by atoms with van der Waals surface area (Å²) in [6.45, 7) is 13.8. The van der Waals surface area contributed by atoms with E-state index in [1.807, 2.05) is 0 Å². The zero-order chi connectivity index (χ0) is 9.09. The Hall–Kier alpha value is -0.260. The zero-order valence-corrected chi connectivity index (χ0v) is 8.72. The molecule has 0 unspecified atom stereocenters. The third-order valence-corrected chi connectivity index (χ3v) is 4.80. The fourth-order valence-electron chi connectivity index (χ4n) is 3.48. The maximum absolute atomic E-state index is 4.26. The van der Waals surface area contributed by atoms with Crippen LogP contribution in [0.3, 0.4) is 0 Å². The van der Waals surface area contributed by atoms with Crippen molar-refractivity contribution in [2.75, 3.05) is 0 Å². The van der Waals surface area contributed by atoms with Crippen LogP contribution in [-0.4, -0.2) is 0 Å². The van der Waals surface area contributed by atoms with Crippen molar-refractivity contribution in [3.63, 3.8) is 0 Å². The molecule has 0 N–H and O–H groups in total. The summed E-state index contributed by atoms with van der Waals surface area (Å²) in [7, 11) is 0. The molecule has 0 heteroatoms. The van der Waals surface area contributed by atoms with Crippen LogP contribution in [0.2, 0.25) is 0 Å². The second-order valence-corrected chi connectivity index (χ2v) is 5.44. The van der Waals surface area contributed by atoms with E-state index in [1.54, 1.807) is 0 Å². The summed E-state index contributed by atoms with van der Waals surface area (Å²) < 4.78 is 0. The van der Waals surface area contributed by atoms with Crippen LogP contribution in [-0.2, 0) is 0 Å². The molecule has 3 aliphatic carbocycles. The second kappa shape index (κ2) is 2.16. The second-order valence-electron chi connectivity index (χ2n) is 5.44. The van der Waals surface area contributed by atoms with E-state index in [-0.39, 0.29) is 0 Å². The predicted octanol–water partition coefficient (Wildman–Crippen LogP) is 3.49. The number of allylic oxidation sites excluding steroid dienone is 1. The Bertz CT molecular complexity index is 224. The van der Waals surface area contributed by atoms with E-state index < -0.39 is 0 Å². The van der Waals surface area contributed by atoms with Crippen molar-refractivity contribution in [1.82, 2.24) is 0 Å². The quantitative estimate of drug-likeness (QED) is 0.481. The number of hydrogen-bond donors (Lipinski definition) is 0. The lowest BCUT2D eigenvalue weighted by atomic mass is 9.42. The molecule has 4 atom stereocenters. The minimum atomic E-state index is 0.559. The molecule has 0 heterocycles. The Morgan fingerprint density at radius 3 is 2.33 bits per heavy atom. The van der Waals surface area contributed by atoms with Crippen LogP contribution in [0.1, 0.15) is 34.1 Å². The van der Waals surface area contributed by atoms with E-state index in [0.717, 1.165) is 23.7 Å². The lowest BCUT2D eigenvalue weighted by molar-refractivity contribution is -0.0828. The van der Waals surface area contributed by atoms with Crippen LogP contribution < -0.4 is 0 Å². The van der Waals surface area contributed by atoms with Gasteiger partial charge in [-0.1, -0.05) is 39.8 Å². The summed E-state index contributed by atoms with van der Waals surface area (Å²) in [5.74, 6) is 3.41. The first kappa shape index (κ1) is 8.34. The van der Waals surface area contributed by atoms with Crippen molar-refractivity contribution in [3.8, 4) is 0 Å². The summed E-state index contributed by atoms with van der Waals surface area (Å²) in [5, 5.41) is 0. The van der Waals surface area contributed by atoms with Gasteiger partial charge >= 0.3 is 0 Å². The van der Waals surface area contributed by atoms with Gasteiger partial charge in [0.05, 0.1) is 0 Å². The van der Waals surface area contributed by atoms with Gasteiger partial charge in [-0.05, 0) is 35.5 Å². The maximum atomic E-state index is 4.26. The first-order valence-corrected chi connectivity index (χ1v) is 5.15. The molecule has 0 aromatic carbocycles. The average molecular weight is 164 g/mol. The molecule has 0 amide bonds. The smallest absolute Gasteiger partial charge is 0.0146 e. The van der Waals surface area contributed by atoms with Gasteiger partial charge in [0.15, 0.2) is 0 Å². The molecular weight excluding hydrogens is 144 g/mol. The van der Waals surface area contributed by atoms with Gasteiger partial charge in [0.1, 0.15) is 0 Å². The Morgan fingerprint density at radius 1 is 1.33 bits per heavy atom. The minimum Gasteiger partial charge on any atom is -0.0993 e. The van der Waals surface area contributed by atoms with Gasteiger partial charge < -0.3 is 0 Å². The molecule has 3 rings (SSSR count). The highest BCUT2D eigenvalue weighted by Crippen LogP contribution is 2.64. The van der Waals surface area contributed by atoms with Crippen molar-refractivity contribution >= 4 is 0 Å². The molecule has 0 spiro atoms. The Morgan fingerprint density at radius 2 is 1.92 bits per heavy atom. The summed E-state index contributed by atoms with van der Waals surface area (Å²) >= 11 is 0. The van der Waals surface area contributed by atoms with E-state index in [4.69, 9.17) is 0 Å². The monoisotopic (exact) mass is 164 g/mol. The molecule has 2 bridgehead atoms. The summed E-state index contributed by atoms with van der Waals surface area (Å²) in [5.41, 5.74) is 2.08. The Balaban J connectivity index is 2.30. The van der Waals surface area contributed by atoms with Gasteiger partial charge in [0.25, 0.3) is 0 Å². The molecule has 0 aromatic heterocycles. The van der Waals surface area contributed by atoms with Gasteiger partial charge in [0, 0.05) is 0 Å². The fourth-order valence-corrected chi connectivity index (χ4v) is 3.48. The van der Waals surface area contributed by atoms with Crippen molar-refractivity contribution in [3.05, 3.63) is 12.2 Å². The molecule has 0 aliphatic heterocycles. The molecule has 0 radical (unpaired) electrons. The van der Waals surface area contributed by atoms with E-state index >= 15 is 0 Å². The minimum absolute atomic E-state index is 0.559. The largest absolute Gasteiger partial charge is 0.0993 e. The standard InChI is InChI=1S/C12H20/c1-7-8(2)10-6-11(9(7)3)12(10,4)5/h7,9-11H,2,6H2,1,3-5H3/t7-,9+,10-,11+/m0/s1. The molecule has 12 heavy (non-hydrogen) atoms. The van der Waals surface area contributed by atoms with Crippen molar-refractivity contribution in [1.29, 1.82) is 0 Å². The summed E-state index contributed by atoms with van der Waals surface area (Å²) in [6, 6.07) is 0. The van der Waals surface area contributed by atoms with Gasteiger partial charge in [-0.15, -0.1) is 0 Å². The van der Waals surface area contributed by atoms with Crippen LogP contribution in [0, 0.1) is 29.1 Å². The van der Waals surface area contributed by atoms with E-state index in [0.29, 0.717) is 5.41 Å². The van der Waals surface area contributed by atoms with Crippen molar-refractivity contribution < 1.29 is 0 Å². The number of hydrogen-bond acceptors (Lipinski definition) is 0. The highest BCUT2D eigenvalue weighted by molar-refractivity contribution is 5.23. The average Bonchev–Trinajstić information content (AvgIpc) is 1.98. The molecule has 3 fully saturated rings. The van der Waals surface area contributed by atoms with E-state index in [1.165, 1.54) is 12.0 Å². The molecule has 68 valence electrons. The van der Waals surface area contributed by atoms with Crippen molar-refractivity contribution in [2.24, 2.45) is 29.1 Å². The molecular formula is C12H20. The van der Waals surface area contributed by atoms with Crippen LogP contribution >= 0.6 is 0 Å². The van der Waals surface area contributed by atoms with Crippen LogP contribution in [0.5, 0.6) is 0 Å². The highest BCUT2D eigenvalue weighted by atomic mass is 14.6. The van der Waals surface area contributed by atoms with Crippen LogP contribution in [0.15, 0.2) is 12.2 Å². The third-order valence-electron chi connectivity index (χ3n) is 4.80. The summed E-state index contributed by atoms with van der Waals surface area (Å²) in [6.07, 6.45) is 1.41. The molecule has 0 aromatic rings. The van der Waals surface area contributed by atoms with Gasteiger partial charge in [-0.3, -0.25) is 0 Å². The summed E-state index contributed by atoms with van der Waals surface area (Å²) in [4.78, 5) is 0. The van der Waals surface area contributed by atoms with E-state index in [9.17, 15) is 0 Å². The SMILES string of the molecule is C=C1[C@H](C)[C@@H](C)[C@H]2C[C@@H]1C2(C)C. The third kappa shape index (κ3) is 0.739. The normalized spacial score (nSPS) is 50.2. The molecule has 3 saturated carbocycles. The lowest BCUT2D eigenvalue weighted by Gasteiger charge is -2.62. The Labute approximate surface area is 76.1 Å². The fraction of sp³-hybridized carbons (Fsp3) is 0.833. The highest BCUT2D eigenvalue weighted by Gasteiger charge is 2.56.